The molecule has 23 heavy (non-hydrogen) atoms. The number of hydrogen-bond acceptors (Lipinski definition) is 4. The standard InChI is InChI=1S/C16H25N5OS/c1-9(14-8-20(6)19-10(14)2)18-16(22)21(7)12(4)15-11(3)17-13(5)23-15/h8-9,12H,1-7H3,(H,18,22)/t9-,12-/m0/s1. The molecule has 0 bridgehead atoms. The third-order valence-corrected chi connectivity index (χ3v) is 5.32. The van der Waals surface area contributed by atoms with Gasteiger partial charge in [-0.1, -0.05) is 0 Å². The van der Waals surface area contributed by atoms with Crippen molar-refractivity contribution in [2.75, 3.05) is 7.05 Å². The van der Waals surface area contributed by atoms with Gasteiger partial charge in [0.05, 0.1) is 28.5 Å². The minimum Gasteiger partial charge on any atom is -0.331 e. The fourth-order valence-corrected chi connectivity index (χ4v) is 3.72. The number of aryl methyl sites for hydroxylation is 4. The van der Waals surface area contributed by atoms with Crippen molar-refractivity contribution in [3.05, 3.63) is 33.0 Å². The maximum atomic E-state index is 12.5. The van der Waals surface area contributed by atoms with E-state index in [4.69, 9.17) is 0 Å². The van der Waals surface area contributed by atoms with Gasteiger partial charge >= 0.3 is 6.03 Å². The highest BCUT2D eigenvalue weighted by atomic mass is 32.1. The molecule has 6 nitrogen and oxygen atoms in total. The first-order valence-electron chi connectivity index (χ1n) is 7.68. The summed E-state index contributed by atoms with van der Waals surface area (Å²) in [7, 11) is 3.70. The summed E-state index contributed by atoms with van der Waals surface area (Å²) < 4.78 is 1.77. The molecule has 126 valence electrons. The number of urea groups is 1. The SMILES string of the molecule is Cc1nc(C)c([C@H](C)N(C)C(=O)N[C@@H](C)c2cn(C)nc2C)s1. The predicted molar refractivity (Wildman–Crippen MR) is 92.7 cm³/mol. The molecule has 1 N–H and O–H groups in total. The number of rotatable bonds is 4. The van der Waals surface area contributed by atoms with Gasteiger partial charge in [-0.05, 0) is 34.6 Å². The molecule has 0 aliphatic heterocycles. The smallest absolute Gasteiger partial charge is 0.318 e. The Morgan fingerprint density at radius 2 is 1.96 bits per heavy atom. The van der Waals surface area contributed by atoms with Gasteiger partial charge in [-0.3, -0.25) is 4.68 Å². The van der Waals surface area contributed by atoms with Crippen LogP contribution in [0.4, 0.5) is 4.79 Å². The second kappa shape index (κ2) is 6.70. The lowest BCUT2D eigenvalue weighted by Crippen LogP contribution is -2.40. The molecule has 0 aromatic carbocycles. The summed E-state index contributed by atoms with van der Waals surface area (Å²) in [5, 5.41) is 8.40. The number of thiazole rings is 1. The molecule has 0 spiro atoms. The van der Waals surface area contributed by atoms with Crippen LogP contribution in [0.3, 0.4) is 0 Å². The van der Waals surface area contributed by atoms with Gasteiger partial charge < -0.3 is 10.2 Å². The summed E-state index contributed by atoms with van der Waals surface area (Å²) in [6, 6.07) is -0.197. The zero-order valence-electron chi connectivity index (χ0n) is 14.8. The van der Waals surface area contributed by atoms with E-state index in [1.807, 2.05) is 54.9 Å². The molecule has 2 heterocycles. The van der Waals surface area contributed by atoms with Crippen molar-refractivity contribution in [1.82, 2.24) is 25.0 Å². The number of nitrogens with zero attached hydrogens (tertiary/aromatic N) is 4. The average molecular weight is 335 g/mol. The van der Waals surface area contributed by atoms with Crippen molar-refractivity contribution in [3.8, 4) is 0 Å². The molecule has 0 fully saturated rings. The average Bonchev–Trinajstić information content (AvgIpc) is 2.98. The van der Waals surface area contributed by atoms with Crippen LogP contribution in [0.2, 0.25) is 0 Å². The van der Waals surface area contributed by atoms with Crippen LogP contribution in [0.1, 0.15) is 52.8 Å². The first-order valence-corrected chi connectivity index (χ1v) is 8.49. The van der Waals surface area contributed by atoms with Gasteiger partial charge in [-0.25, -0.2) is 9.78 Å². The Kier molecular flexibility index (Phi) is 5.09. The van der Waals surface area contributed by atoms with Crippen LogP contribution in [0.5, 0.6) is 0 Å². The Labute approximate surface area is 141 Å². The first kappa shape index (κ1) is 17.5. The van der Waals surface area contributed by atoms with Gasteiger partial charge in [0.2, 0.25) is 0 Å². The van der Waals surface area contributed by atoms with Crippen LogP contribution in [0.25, 0.3) is 0 Å². The highest BCUT2D eigenvalue weighted by molar-refractivity contribution is 7.11. The fourth-order valence-electron chi connectivity index (χ4n) is 2.69. The number of carbonyl (C=O) groups excluding carboxylic acids is 1. The Hall–Kier alpha value is -1.89. The molecule has 0 aliphatic rings. The van der Waals surface area contributed by atoms with Crippen molar-refractivity contribution in [1.29, 1.82) is 0 Å². The highest BCUT2D eigenvalue weighted by Gasteiger charge is 2.23. The zero-order valence-corrected chi connectivity index (χ0v) is 15.7. The second-order valence-corrected chi connectivity index (χ2v) is 7.22. The monoisotopic (exact) mass is 335 g/mol. The van der Waals surface area contributed by atoms with Gasteiger partial charge in [0.25, 0.3) is 0 Å². The van der Waals surface area contributed by atoms with Gasteiger partial charge in [0.15, 0.2) is 0 Å². The molecule has 0 saturated heterocycles. The molecular weight excluding hydrogens is 310 g/mol. The van der Waals surface area contributed by atoms with Gasteiger partial charge in [0.1, 0.15) is 0 Å². The molecular formula is C16H25N5OS. The van der Waals surface area contributed by atoms with Crippen molar-refractivity contribution in [3.63, 3.8) is 0 Å². The summed E-state index contributed by atoms with van der Waals surface area (Å²) in [6.07, 6.45) is 1.94. The number of hydrogen-bond donors (Lipinski definition) is 1. The first-order chi connectivity index (χ1) is 10.7. The maximum Gasteiger partial charge on any atom is 0.318 e. The Morgan fingerprint density at radius 3 is 2.43 bits per heavy atom. The Balaban J connectivity index is 2.07. The van der Waals surface area contributed by atoms with Crippen LogP contribution in [0, 0.1) is 20.8 Å². The topological polar surface area (TPSA) is 63.1 Å². The largest absolute Gasteiger partial charge is 0.331 e. The molecule has 0 aliphatic carbocycles. The number of carbonyl (C=O) groups is 1. The van der Waals surface area contributed by atoms with Crippen molar-refractivity contribution < 1.29 is 4.79 Å². The molecule has 2 atom stereocenters. The van der Waals surface area contributed by atoms with E-state index in [0.717, 1.165) is 26.8 Å². The second-order valence-electron chi connectivity index (χ2n) is 5.98. The molecule has 0 unspecified atom stereocenters. The van der Waals surface area contributed by atoms with E-state index in [1.165, 1.54) is 0 Å². The van der Waals surface area contributed by atoms with Crippen LogP contribution >= 0.6 is 11.3 Å². The lowest BCUT2D eigenvalue weighted by Gasteiger charge is -2.26. The van der Waals surface area contributed by atoms with E-state index in [0.29, 0.717) is 0 Å². The third kappa shape index (κ3) is 3.72. The number of amides is 2. The molecule has 2 aromatic heterocycles. The molecule has 2 amide bonds. The summed E-state index contributed by atoms with van der Waals surface area (Å²) in [4.78, 5) is 19.8. The minimum atomic E-state index is -0.0984. The molecule has 0 radical (unpaired) electrons. The molecule has 2 rings (SSSR count). The number of aromatic nitrogens is 3. The van der Waals surface area contributed by atoms with Crippen LogP contribution in [-0.4, -0.2) is 32.7 Å². The summed E-state index contributed by atoms with van der Waals surface area (Å²) in [5.74, 6) is 0. The molecule has 0 saturated carbocycles. The van der Waals surface area contributed by atoms with Crippen LogP contribution in [-0.2, 0) is 7.05 Å². The van der Waals surface area contributed by atoms with Crippen molar-refractivity contribution in [2.24, 2.45) is 7.05 Å². The van der Waals surface area contributed by atoms with E-state index >= 15 is 0 Å². The van der Waals surface area contributed by atoms with Crippen LogP contribution in [0.15, 0.2) is 6.20 Å². The van der Waals surface area contributed by atoms with E-state index in [-0.39, 0.29) is 18.1 Å². The summed E-state index contributed by atoms with van der Waals surface area (Å²) in [5.41, 5.74) is 2.97. The van der Waals surface area contributed by atoms with E-state index in [1.54, 1.807) is 20.9 Å². The van der Waals surface area contributed by atoms with Crippen molar-refractivity contribution >= 4 is 17.4 Å². The lowest BCUT2D eigenvalue weighted by atomic mass is 10.1. The maximum absolute atomic E-state index is 12.5. The van der Waals surface area contributed by atoms with E-state index < -0.39 is 0 Å². The summed E-state index contributed by atoms with van der Waals surface area (Å²) >= 11 is 1.64. The summed E-state index contributed by atoms with van der Waals surface area (Å²) in [6.45, 7) is 9.93. The minimum absolute atomic E-state index is 0.0107. The number of nitrogens with one attached hydrogen (secondary N) is 1. The quantitative estimate of drug-likeness (QED) is 0.933. The molecule has 7 heteroatoms. The Bertz CT molecular complexity index is 705. The predicted octanol–water partition coefficient (Wildman–Crippen LogP) is 3.27. The van der Waals surface area contributed by atoms with E-state index in [9.17, 15) is 4.79 Å². The van der Waals surface area contributed by atoms with Crippen LogP contribution < -0.4 is 5.32 Å². The highest BCUT2D eigenvalue weighted by Crippen LogP contribution is 2.28. The van der Waals surface area contributed by atoms with Gasteiger partial charge in [-0.2, -0.15) is 5.10 Å². The van der Waals surface area contributed by atoms with Gasteiger partial charge in [0, 0.05) is 30.7 Å². The fraction of sp³-hybridized carbons (Fsp3) is 0.562. The zero-order chi connectivity index (χ0) is 17.3. The third-order valence-electron chi connectivity index (χ3n) is 4.08. The van der Waals surface area contributed by atoms with Gasteiger partial charge in [-0.15, -0.1) is 11.3 Å². The lowest BCUT2D eigenvalue weighted by molar-refractivity contribution is 0.191. The Morgan fingerprint density at radius 1 is 1.30 bits per heavy atom. The normalized spacial score (nSPS) is 13.7. The molecule has 2 aromatic rings. The van der Waals surface area contributed by atoms with E-state index in [2.05, 4.69) is 15.4 Å². The van der Waals surface area contributed by atoms with Crippen molar-refractivity contribution in [2.45, 2.75) is 46.7 Å².